The Labute approximate surface area is 200 Å². The Hall–Kier alpha value is -3.78. The molecular weight excluding hydrogens is 448 g/mol. The van der Waals surface area contributed by atoms with Gasteiger partial charge in [-0.2, -0.15) is 9.78 Å². The van der Waals surface area contributed by atoms with Crippen LogP contribution in [0, 0.1) is 6.92 Å². The minimum atomic E-state index is -0.229. The van der Waals surface area contributed by atoms with Crippen LogP contribution in [0.5, 0.6) is 5.75 Å². The van der Waals surface area contributed by atoms with Gasteiger partial charge in [0, 0.05) is 10.6 Å². The first kappa shape index (κ1) is 22.0. The molecule has 0 fully saturated rings. The second-order valence-corrected chi connectivity index (χ2v) is 9.39. The molecule has 0 saturated carbocycles. The monoisotopic (exact) mass is 472 g/mol. The molecule has 0 atom stereocenters. The largest absolute Gasteiger partial charge is 0.484 e. The van der Waals surface area contributed by atoms with Crippen molar-refractivity contribution in [3.63, 3.8) is 0 Å². The summed E-state index contributed by atoms with van der Waals surface area (Å²) in [6.07, 6.45) is 7.34. The fourth-order valence-corrected chi connectivity index (χ4v) is 5.20. The van der Waals surface area contributed by atoms with E-state index >= 15 is 0 Å². The zero-order valence-electron chi connectivity index (χ0n) is 18.8. The number of anilines is 1. The molecule has 0 bridgehead atoms. The van der Waals surface area contributed by atoms with Gasteiger partial charge in [-0.05, 0) is 80.1 Å². The molecule has 0 aliphatic heterocycles. The van der Waals surface area contributed by atoms with E-state index in [1.165, 1.54) is 22.3 Å². The van der Waals surface area contributed by atoms with Crippen molar-refractivity contribution in [3.05, 3.63) is 86.8 Å². The maximum absolute atomic E-state index is 13.0. The molecule has 1 amide bonds. The lowest BCUT2D eigenvalue weighted by Crippen LogP contribution is -2.20. The minimum Gasteiger partial charge on any atom is -0.484 e. The summed E-state index contributed by atoms with van der Waals surface area (Å²) in [5.74, 6) is 0.341. The van der Waals surface area contributed by atoms with Crippen LogP contribution in [0.1, 0.15) is 34.4 Å². The van der Waals surface area contributed by atoms with Gasteiger partial charge in [0.15, 0.2) is 6.61 Å². The number of fused-ring (bicyclic) bond motifs is 3. The molecule has 0 spiro atoms. The topological polar surface area (TPSA) is 85.6 Å². The van der Waals surface area contributed by atoms with Crippen LogP contribution >= 0.6 is 11.3 Å². The molecule has 1 aliphatic rings. The smallest absolute Gasteiger partial charge is 0.282 e. The summed E-state index contributed by atoms with van der Waals surface area (Å²) in [7, 11) is 0. The van der Waals surface area contributed by atoms with Crippen molar-refractivity contribution in [3.8, 4) is 5.75 Å². The first-order valence-corrected chi connectivity index (χ1v) is 12.0. The fraction of sp³-hybridized carbons (Fsp3) is 0.231. The highest BCUT2D eigenvalue weighted by Gasteiger charge is 2.19. The lowest BCUT2D eigenvalue weighted by Gasteiger charge is -2.09. The molecule has 2 aromatic carbocycles. The number of carbonyl (C=O) groups excluding carboxylic acids is 1. The normalized spacial score (nSPS) is 13.2. The number of rotatable bonds is 6. The first-order chi connectivity index (χ1) is 16.6. The van der Waals surface area contributed by atoms with Gasteiger partial charge in [0.25, 0.3) is 11.5 Å². The van der Waals surface area contributed by atoms with Crippen molar-refractivity contribution in [2.45, 2.75) is 32.6 Å². The fourth-order valence-electron chi connectivity index (χ4n) is 3.98. The van der Waals surface area contributed by atoms with E-state index in [1.54, 1.807) is 29.7 Å². The summed E-state index contributed by atoms with van der Waals surface area (Å²) in [5, 5.41) is 7.84. The highest BCUT2D eigenvalue weighted by molar-refractivity contribution is 7.18. The second-order valence-electron chi connectivity index (χ2n) is 8.30. The maximum atomic E-state index is 13.0. The summed E-state index contributed by atoms with van der Waals surface area (Å²) in [5.41, 5.74) is 3.69. The SMILES string of the molecule is Cc1ccc(NC(=O)COc2ccc(/C=N/n3cnc4sc5c(c4c3=O)CCCC5)cc2)cc1. The highest BCUT2D eigenvalue weighted by Crippen LogP contribution is 2.33. The van der Waals surface area contributed by atoms with Crippen LogP contribution in [0.15, 0.2) is 64.8 Å². The number of aromatic nitrogens is 2. The van der Waals surface area contributed by atoms with Gasteiger partial charge in [-0.25, -0.2) is 4.98 Å². The summed E-state index contributed by atoms with van der Waals surface area (Å²) in [6.45, 7) is 1.90. The van der Waals surface area contributed by atoms with Crippen molar-refractivity contribution in [2.24, 2.45) is 5.10 Å². The van der Waals surface area contributed by atoms with E-state index in [-0.39, 0.29) is 18.1 Å². The standard InChI is InChI=1S/C26H24N4O3S/c1-17-6-10-19(11-7-17)29-23(31)15-33-20-12-8-18(9-13-20)14-28-30-16-27-25-24(26(30)32)21-4-2-3-5-22(21)34-25/h6-14,16H,2-5,15H2,1H3,(H,29,31)/b28-14+. The molecule has 4 aromatic rings. The zero-order chi connectivity index (χ0) is 23.5. The van der Waals surface area contributed by atoms with Gasteiger partial charge >= 0.3 is 0 Å². The van der Waals surface area contributed by atoms with E-state index < -0.39 is 0 Å². The predicted octanol–water partition coefficient (Wildman–Crippen LogP) is 4.54. The molecule has 1 aliphatic carbocycles. The Morgan fingerprint density at radius 2 is 1.91 bits per heavy atom. The molecule has 8 heteroatoms. The molecule has 1 N–H and O–H groups in total. The van der Waals surface area contributed by atoms with Crippen molar-refractivity contribution < 1.29 is 9.53 Å². The molecular formula is C26H24N4O3S. The Balaban J connectivity index is 1.23. The van der Waals surface area contributed by atoms with Gasteiger partial charge in [-0.3, -0.25) is 9.59 Å². The molecule has 0 saturated heterocycles. The van der Waals surface area contributed by atoms with E-state index in [0.717, 1.165) is 46.5 Å². The number of ether oxygens (including phenoxy) is 1. The van der Waals surface area contributed by atoms with Crippen LogP contribution in [0.3, 0.4) is 0 Å². The number of hydrogen-bond acceptors (Lipinski definition) is 6. The van der Waals surface area contributed by atoms with E-state index in [2.05, 4.69) is 15.4 Å². The van der Waals surface area contributed by atoms with Crippen LogP contribution in [-0.4, -0.2) is 28.4 Å². The van der Waals surface area contributed by atoms with Gasteiger partial charge in [0.05, 0.1) is 11.6 Å². The Kier molecular flexibility index (Phi) is 6.22. The van der Waals surface area contributed by atoms with Crippen molar-refractivity contribution in [2.75, 3.05) is 11.9 Å². The molecule has 0 radical (unpaired) electrons. The van der Waals surface area contributed by atoms with Gasteiger partial charge in [-0.15, -0.1) is 11.3 Å². The molecule has 7 nitrogen and oxygen atoms in total. The Morgan fingerprint density at radius 1 is 1.15 bits per heavy atom. The number of nitrogens with zero attached hydrogens (tertiary/aromatic N) is 3. The summed E-state index contributed by atoms with van der Waals surface area (Å²) in [6, 6.07) is 14.8. The number of carbonyl (C=O) groups is 1. The lowest BCUT2D eigenvalue weighted by molar-refractivity contribution is -0.118. The van der Waals surface area contributed by atoms with Crippen molar-refractivity contribution in [1.82, 2.24) is 9.66 Å². The predicted molar refractivity (Wildman–Crippen MR) is 135 cm³/mol. The number of thiophene rings is 1. The molecule has 2 heterocycles. The first-order valence-electron chi connectivity index (χ1n) is 11.2. The number of nitrogens with one attached hydrogen (secondary N) is 1. The molecule has 34 heavy (non-hydrogen) atoms. The van der Waals surface area contributed by atoms with Gasteiger partial charge in [0.1, 0.15) is 16.9 Å². The summed E-state index contributed by atoms with van der Waals surface area (Å²) >= 11 is 1.63. The summed E-state index contributed by atoms with van der Waals surface area (Å²) in [4.78, 5) is 31.6. The number of hydrogen-bond donors (Lipinski definition) is 1. The van der Waals surface area contributed by atoms with Crippen molar-refractivity contribution in [1.29, 1.82) is 0 Å². The van der Waals surface area contributed by atoms with Crippen LogP contribution in [0.4, 0.5) is 5.69 Å². The lowest BCUT2D eigenvalue weighted by atomic mass is 9.97. The molecule has 172 valence electrons. The number of benzene rings is 2. The van der Waals surface area contributed by atoms with E-state index in [1.807, 2.05) is 43.3 Å². The minimum absolute atomic E-state index is 0.0899. The van der Waals surface area contributed by atoms with Crippen molar-refractivity contribution >= 4 is 39.4 Å². The quantitative estimate of drug-likeness (QED) is 0.418. The molecule has 0 unspecified atom stereocenters. The third-order valence-corrected chi connectivity index (χ3v) is 6.98. The Morgan fingerprint density at radius 3 is 2.71 bits per heavy atom. The van der Waals surface area contributed by atoms with Gasteiger partial charge in [0.2, 0.25) is 0 Å². The molecule has 2 aromatic heterocycles. The number of aryl methyl sites for hydroxylation is 3. The van der Waals surface area contributed by atoms with E-state index in [9.17, 15) is 9.59 Å². The second kappa shape index (κ2) is 9.61. The van der Waals surface area contributed by atoms with Gasteiger partial charge < -0.3 is 10.1 Å². The van der Waals surface area contributed by atoms with Crippen LogP contribution < -0.4 is 15.6 Å². The highest BCUT2D eigenvalue weighted by atomic mass is 32.1. The number of amides is 1. The summed E-state index contributed by atoms with van der Waals surface area (Å²) < 4.78 is 6.87. The van der Waals surface area contributed by atoms with Crippen LogP contribution in [-0.2, 0) is 17.6 Å². The third-order valence-electron chi connectivity index (χ3n) is 5.78. The van der Waals surface area contributed by atoms with Gasteiger partial charge in [-0.1, -0.05) is 17.7 Å². The van der Waals surface area contributed by atoms with Crippen LogP contribution in [0.25, 0.3) is 10.2 Å². The van der Waals surface area contributed by atoms with E-state index in [4.69, 9.17) is 4.74 Å². The average Bonchev–Trinajstić information content (AvgIpc) is 3.24. The average molecular weight is 473 g/mol. The zero-order valence-corrected chi connectivity index (χ0v) is 19.6. The Bertz CT molecular complexity index is 1420. The third kappa shape index (κ3) is 4.77. The molecule has 5 rings (SSSR count). The van der Waals surface area contributed by atoms with E-state index in [0.29, 0.717) is 11.1 Å². The van der Waals surface area contributed by atoms with Crippen LogP contribution in [0.2, 0.25) is 0 Å². The maximum Gasteiger partial charge on any atom is 0.282 e.